The fourth-order valence-electron chi connectivity index (χ4n) is 2.00. The van der Waals surface area contributed by atoms with Gasteiger partial charge in [-0.05, 0) is 20.8 Å². The zero-order chi connectivity index (χ0) is 14.6. The van der Waals surface area contributed by atoms with Gasteiger partial charge in [0.15, 0.2) is 0 Å². The molecule has 2 amide bonds. The maximum Gasteiger partial charge on any atom is 0.410 e. The van der Waals surface area contributed by atoms with Crippen molar-refractivity contribution in [2.75, 3.05) is 32.8 Å². The lowest BCUT2D eigenvalue weighted by atomic mass is 10.1. The molecule has 6 nitrogen and oxygen atoms in total. The molecular formula is C13H24N2O4. The minimum Gasteiger partial charge on any atom is -0.444 e. The van der Waals surface area contributed by atoms with Crippen LogP contribution >= 0.6 is 0 Å². The molecule has 1 atom stereocenters. The molecule has 0 spiro atoms. The van der Waals surface area contributed by atoms with Crippen molar-refractivity contribution in [3.63, 3.8) is 0 Å². The molecule has 110 valence electrons. The van der Waals surface area contributed by atoms with Crippen LogP contribution in [0.15, 0.2) is 0 Å². The van der Waals surface area contributed by atoms with Gasteiger partial charge < -0.3 is 19.6 Å². The van der Waals surface area contributed by atoms with Crippen molar-refractivity contribution in [1.29, 1.82) is 0 Å². The summed E-state index contributed by atoms with van der Waals surface area (Å²) in [5.74, 6) is -0.164. The van der Waals surface area contributed by atoms with Crippen LogP contribution in [0.5, 0.6) is 0 Å². The van der Waals surface area contributed by atoms with Crippen LogP contribution in [0.1, 0.15) is 27.7 Å². The van der Waals surface area contributed by atoms with E-state index in [1.54, 1.807) is 9.80 Å². The van der Waals surface area contributed by atoms with Gasteiger partial charge in [-0.1, -0.05) is 0 Å². The van der Waals surface area contributed by atoms with E-state index in [1.165, 1.54) is 6.92 Å². The molecule has 1 aliphatic rings. The quantitative estimate of drug-likeness (QED) is 0.762. The molecule has 0 aliphatic carbocycles. The molecule has 0 aromatic rings. The first-order chi connectivity index (χ1) is 8.73. The molecule has 0 radical (unpaired) electrons. The van der Waals surface area contributed by atoms with Crippen LogP contribution in [0.3, 0.4) is 0 Å². The highest BCUT2D eigenvalue weighted by molar-refractivity contribution is 5.73. The zero-order valence-electron chi connectivity index (χ0n) is 12.2. The SMILES string of the molecule is CC(=O)N1CCN(C(=O)OC(C)(C)C)CC(CO)C1. The van der Waals surface area contributed by atoms with Gasteiger partial charge in [-0.2, -0.15) is 0 Å². The number of nitrogens with zero attached hydrogens (tertiary/aromatic N) is 2. The Labute approximate surface area is 114 Å². The number of aliphatic hydroxyl groups excluding tert-OH is 1. The van der Waals surface area contributed by atoms with E-state index in [2.05, 4.69) is 0 Å². The normalized spacial score (nSPS) is 21.0. The predicted octanol–water partition coefficient (Wildman–Crippen LogP) is 0.694. The summed E-state index contributed by atoms with van der Waals surface area (Å²) < 4.78 is 5.32. The summed E-state index contributed by atoms with van der Waals surface area (Å²) in [7, 11) is 0. The molecule has 1 aliphatic heterocycles. The molecule has 1 saturated heterocycles. The van der Waals surface area contributed by atoms with E-state index >= 15 is 0 Å². The molecular weight excluding hydrogens is 248 g/mol. The molecule has 0 saturated carbocycles. The highest BCUT2D eigenvalue weighted by atomic mass is 16.6. The van der Waals surface area contributed by atoms with Crippen molar-refractivity contribution in [3.05, 3.63) is 0 Å². The van der Waals surface area contributed by atoms with E-state index in [9.17, 15) is 14.7 Å². The fraction of sp³-hybridized carbons (Fsp3) is 0.846. The number of hydrogen-bond acceptors (Lipinski definition) is 4. The van der Waals surface area contributed by atoms with Crippen molar-refractivity contribution in [2.45, 2.75) is 33.3 Å². The number of rotatable bonds is 1. The Morgan fingerprint density at radius 3 is 2.21 bits per heavy atom. The van der Waals surface area contributed by atoms with E-state index in [0.29, 0.717) is 26.2 Å². The highest BCUT2D eigenvalue weighted by Crippen LogP contribution is 2.14. The average molecular weight is 272 g/mol. The Morgan fingerprint density at radius 2 is 1.74 bits per heavy atom. The summed E-state index contributed by atoms with van der Waals surface area (Å²) in [4.78, 5) is 26.7. The fourth-order valence-corrected chi connectivity index (χ4v) is 2.00. The van der Waals surface area contributed by atoms with Crippen molar-refractivity contribution < 1.29 is 19.4 Å². The van der Waals surface area contributed by atoms with Crippen LogP contribution in [-0.4, -0.2) is 65.3 Å². The summed E-state index contributed by atoms with van der Waals surface area (Å²) in [5.41, 5.74) is -0.543. The van der Waals surface area contributed by atoms with Gasteiger partial charge in [-0.15, -0.1) is 0 Å². The second-order valence-corrected chi connectivity index (χ2v) is 5.94. The van der Waals surface area contributed by atoms with Gasteiger partial charge in [-0.25, -0.2) is 4.79 Å². The molecule has 0 bridgehead atoms. The summed E-state index contributed by atoms with van der Waals surface area (Å²) >= 11 is 0. The molecule has 0 aromatic heterocycles. The van der Waals surface area contributed by atoms with Crippen molar-refractivity contribution in [3.8, 4) is 0 Å². The summed E-state index contributed by atoms with van der Waals surface area (Å²) in [5, 5.41) is 9.33. The Hall–Kier alpha value is -1.30. The van der Waals surface area contributed by atoms with Gasteiger partial charge in [0, 0.05) is 45.6 Å². The van der Waals surface area contributed by atoms with Crippen LogP contribution in [0.25, 0.3) is 0 Å². The minimum atomic E-state index is -0.543. The maximum absolute atomic E-state index is 12.0. The van der Waals surface area contributed by atoms with Crippen LogP contribution < -0.4 is 0 Å². The first kappa shape index (κ1) is 15.8. The van der Waals surface area contributed by atoms with Gasteiger partial charge in [0.2, 0.25) is 5.91 Å². The van der Waals surface area contributed by atoms with E-state index in [-0.39, 0.29) is 18.4 Å². The molecule has 6 heteroatoms. The van der Waals surface area contributed by atoms with E-state index in [1.807, 2.05) is 20.8 Å². The first-order valence-corrected chi connectivity index (χ1v) is 6.57. The third-order valence-electron chi connectivity index (χ3n) is 2.95. The Morgan fingerprint density at radius 1 is 1.21 bits per heavy atom. The monoisotopic (exact) mass is 272 g/mol. The Kier molecular flexibility index (Phi) is 5.17. The smallest absolute Gasteiger partial charge is 0.410 e. The first-order valence-electron chi connectivity index (χ1n) is 6.57. The van der Waals surface area contributed by atoms with Gasteiger partial charge in [0.1, 0.15) is 5.60 Å². The maximum atomic E-state index is 12.0. The molecule has 1 N–H and O–H groups in total. The highest BCUT2D eigenvalue weighted by Gasteiger charge is 2.29. The lowest BCUT2D eigenvalue weighted by Gasteiger charge is -2.27. The largest absolute Gasteiger partial charge is 0.444 e. The third-order valence-corrected chi connectivity index (χ3v) is 2.95. The van der Waals surface area contributed by atoms with E-state index in [4.69, 9.17) is 4.74 Å². The summed E-state index contributed by atoms with van der Waals surface area (Å²) in [6, 6.07) is 0. The van der Waals surface area contributed by atoms with Crippen molar-refractivity contribution in [2.24, 2.45) is 5.92 Å². The number of carbonyl (C=O) groups excluding carboxylic acids is 2. The van der Waals surface area contributed by atoms with Crippen LogP contribution in [-0.2, 0) is 9.53 Å². The zero-order valence-corrected chi connectivity index (χ0v) is 12.2. The van der Waals surface area contributed by atoms with Crippen LogP contribution in [0.4, 0.5) is 4.79 Å². The van der Waals surface area contributed by atoms with Crippen LogP contribution in [0.2, 0.25) is 0 Å². The van der Waals surface area contributed by atoms with Gasteiger partial charge in [0.05, 0.1) is 0 Å². The second kappa shape index (κ2) is 6.23. The molecule has 1 unspecified atom stereocenters. The lowest BCUT2D eigenvalue weighted by Crippen LogP contribution is -2.40. The van der Waals surface area contributed by atoms with Crippen LogP contribution in [0, 0.1) is 5.92 Å². The number of ether oxygens (including phenoxy) is 1. The van der Waals surface area contributed by atoms with E-state index < -0.39 is 11.7 Å². The van der Waals surface area contributed by atoms with Gasteiger partial charge in [-0.3, -0.25) is 4.79 Å². The summed E-state index contributed by atoms with van der Waals surface area (Å²) in [6.07, 6.45) is -0.392. The predicted molar refractivity (Wildman–Crippen MR) is 70.6 cm³/mol. The number of amides is 2. The topological polar surface area (TPSA) is 70.1 Å². The van der Waals surface area contributed by atoms with Gasteiger partial charge >= 0.3 is 6.09 Å². The standard InChI is InChI=1S/C13H24N2O4/c1-10(17)14-5-6-15(8-11(7-14)9-16)12(18)19-13(2,3)4/h11,16H,5-9H2,1-4H3. The molecule has 19 heavy (non-hydrogen) atoms. The van der Waals surface area contributed by atoms with Crippen molar-refractivity contribution in [1.82, 2.24) is 9.80 Å². The molecule has 1 rings (SSSR count). The molecule has 1 heterocycles. The number of carbonyl (C=O) groups is 2. The van der Waals surface area contributed by atoms with Crippen molar-refractivity contribution >= 4 is 12.0 Å². The number of hydrogen-bond donors (Lipinski definition) is 1. The summed E-state index contributed by atoms with van der Waals surface area (Å²) in [6.45, 7) is 8.69. The minimum absolute atomic E-state index is 0.0375. The van der Waals surface area contributed by atoms with E-state index in [0.717, 1.165) is 0 Å². The second-order valence-electron chi connectivity index (χ2n) is 5.94. The Balaban J connectivity index is 2.70. The molecule has 1 fully saturated rings. The molecule has 0 aromatic carbocycles. The Bertz CT molecular complexity index is 338. The lowest BCUT2D eigenvalue weighted by molar-refractivity contribution is -0.129. The number of aliphatic hydroxyl groups is 1. The third kappa shape index (κ3) is 5.06. The average Bonchev–Trinajstić information content (AvgIpc) is 2.48. The van der Waals surface area contributed by atoms with Gasteiger partial charge in [0.25, 0.3) is 0 Å².